The zero-order valence-electron chi connectivity index (χ0n) is 17.0. The van der Waals surface area contributed by atoms with Crippen LogP contribution in [0.15, 0.2) is 24.4 Å². The Morgan fingerprint density at radius 1 is 1.19 bits per heavy atom. The number of methoxy groups -OCH3 is 1. The lowest BCUT2D eigenvalue weighted by molar-refractivity contribution is -0.396. The molecule has 1 aromatic heterocycles. The SMILES string of the molecule is COc1cc(COP(=O)(NCCBr)NCCBr)ccc1OCc1cnc([N+](=O)[O-])n1C. The number of nitro groups is 1. The van der Waals surface area contributed by atoms with Crippen molar-refractivity contribution in [2.45, 2.75) is 13.2 Å². The maximum absolute atomic E-state index is 12.9. The van der Waals surface area contributed by atoms with Gasteiger partial charge in [0.1, 0.15) is 12.8 Å². The number of alkyl halides is 2. The second-order valence-corrected chi connectivity index (χ2v) is 9.74. The van der Waals surface area contributed by atoms with E-state index in [1.54, 1.807) is 25.2 Å². The van der Waals surface area contributed by atoms with Gasteiger partial charge in [0.25, 0.3) is 0 Å². The van der Waals surface area contributed by atoms with Gasteiger partial charge in [-0.15, -0.1) is 0 Å². The van der Waals surface area contributed by atoms with Crippen molar-refractivity contribution in [3.63, 3.8) is 0 Å². The van der Waals surface area contributed by atoms with Gasteiger partial charge in [0.2, 0.25) is 0 Å². The number of ether oxygens (including phenoxy) is 2. The van der Waals surface area contributed by atoms with Crippen molar-refractivity contribution in [1.82, 2.24) is 19.7 Å². The number of nitrogens with one attached hydrogen (secondary N) is 2. The maximum atomic E-state index is 12.9. The third-order valence-corrected chi connectivity index (χ3v) is 6.63. The van der Waals surface area contributed by atoms with Crippen molar-refractivity contribution < 1.29 is 23.5 Å². The fraction of sp³-hybridized carbons (Fsp3) is 0.471. The van der Waals surface area contributed by atoms with E-state index in [0.717, 1.165) is 5.56 Å². The van der Waals surface area contributed by atoms with Gasteiger partial charge < -0.3 is 24.1 Å². The number of hydrogen-bond donors (Lipinski definition) is 2. The van der Waals surface area contributed by atoms with E-state index in [-0.39, 0.29) is 19.2 Å². The molecule has 2 rings (SSSR count). The molecule has 0 aliphatic rings. The molecule has 0 fully saturated rings. The first-order chi connectivity index (χ1) is 14.8. The molecule has 172 valence electrons. The second-order valence-electron chi connectivity index (χ2n) is 6.16. The molecule has 0 amide bonds. The van der Waals surface area contributed by atoms with E-state index < -0.39 is 12.6 Å². The van der Waals surface area contributed by atoms with Gasteiger partial charge in [-0.1, -0.05) is 42.9 Å². The van der Waals surface area contributed by atoms with Gasteiger partial charge in [0.05, 0.1) is 20.8 Å². The van der Waals surface area contributed by atoms with E-state index >= 15 is 0 Å². The summed E-state index contributed by atoms with van der Waals surface area (Å²) in [5.41, 5.74) is 1.28. The number of halogens is 2. The Kier molecular flexibility index (Phi) is 10.4. The van der Waals surface area contributed by atoms with Crippen LogP contribution in [0.25, 0.3) is 0 Å². The highest BCUT2D eigenvalue weighted by atomic mass is 79.9. The van der Waals surface area contributed by atoms with Crippen molar-refractivity contribution in [2.24, 2.45) is 7.05 Å². The molecule has 0 bridgehead atoms. The standard InChI is InChI=1S/C17H24Br2N5O6P/c1-23-14(10-20-17(23)24(25)26)12-29-15-4-3-13(9-16(15)28-2)11-30-31(27,21-7-5-18)22-8-6-19/h3-4,9-10H,5-8,11-12H2,1-2H3,(H2,21,22,27). The molecule has 1 heterocycles. The first-order valence-electron chi connectivity index (χ1n) is 9.15. The molecule has 1 aromatic carbocycles. The molecule has 14 heteroatoms. The molecule has 0 saturated heterocycles. The molecule has 0 aliphatic carbocycles. The first-order valence-corrected chi connectivity index (χ1v) is 13.0. The van der Waals surface area contributed by atoms with Crippen molar-refractivity contribution in [3.8, 4) is 11.5 Å². The molecule has 0 aliphatic heterocycles. The van der Waals surface area contributed by atoms with Crippen LogP contribution in [0.2, 0.25) is 0 Å². The summed E-state index contributed by atoms with van der Waals surface area (Å²) < 4.78 is 31.0. The summed E-state index contributed by atoms with van der Waals surface area (Å²) in [5, 5.41) is 18.0. The van der Waals surface area contributed by atoms with E-state index in [9.17, 15) is 14.7 Å². The molecule has 0 unspecified atom stereocenters. The second kappa shape index (κ2) is 12.5. The van der Waals surface area contributed by atoms with Crippen molar-refractivity contribution in [3.05, 3.63) is 45.8 Å². The van der Waals surface area contributed by atoms with Crippen molar-refractivity contribution in [2.75, 3.05) is 30.9 Å². The number of aromatic nitrogens is 2. The molecule has 11 nitrogen and oxygen atoms in total. The van der Waals surface area contributed by atoms with Gasteiger partial charge in [0.15, 0.2) is 17.2 Å². The van der Waals surface area contributed by atoms with Crippen LogP contribution in [0.1, 0.15) is 11.3 Å². The zero-order valence-corrected chi connectivity index (χ0v) is 21.1. The molecule has 0 radical (unpaired) electrons. The molecule has 2 aromatic rings. The summed E-state index contributed by atoms with van der Waals surface area (Å²) in [4.78, 5) is 14.1. The van der Waals surface area contributed by atoms with Crippen LogP contribution in [0.3, 0.4) is 0 Å². The minimum atomic E-state index is -3.21. The highest BCUT2D eigenvalue weighted by Crippen LogP contribution is 2.39. The third kappa shape index (κ3) is 7.55. The van der Waals surface area contributed by atoms with Gasteiger partial charge in [-0.2, -0.15) is 0 Å². The average molecular weight is 585 g/mol. The first kappa shape index (κ1) is 25.8. The summed E-state index contributed by atoms with van der Waals surface area (Å²) >= 11 is 6.58. The molecule has 0 atom stereocenters. The summed E-state index contributed by atoms with van der Waals surface area (Å²) in [7, 11) is -0.164. The monoisotopic (exact) mass is 583 g/mol. The Morgan fingerprint density at radius 3 is 2.42 bits per heavy atom. The van der Waals surface area contributed by atoms with Crippen LogP contribution in [-0.2, 0) is 29.4 Å². The number of nitrogens with zero attached hydrogens (tertiary/aromatic N) is 3. The molecule has 0 saturated carbocycles. The zero-order chi connectivity index (χ0) is 22.9. The van der Waals surface area contributed by atoms with E-state index in [1.807, 2.05) is 0 Å². The number of benzene rings is 1. The van der Waals surface area contributed by atoms with Gasteiger partial charge in [-0.25, -0.2) is 14.7 Å². The lowest BCUT2D eigenvalue weighted by Crippen LogP contribution is -2.26. The molecule has 0 spiro atoms. The molecular weight excluding hydrogens is 561 g/mol. The highest BCUT2D eigenvalue weighted by Gasteiger charge is 2.22. The van der Waals surface area contributed by atoms with Gasteiger partial charge in [-0.05, 0) is 22.6 Å². The van der Waals surface area contributed by atoms with Crippen LogP contribution in [0.5, 0.6) is 11.5 Å². The Hall–Kier alpha value is -1.50. The van der Waals surface area contributed by atoms with Crippen molar-refractivity contribution in [1.29, 1.82) is 0 Å². The largest absolute Gasteiger partial charge is 0.493 e. The molecular formula is C17H24Br2N5O6P. The van der Waals surface area contributed by atoms with Gasteiger partial charge in [-0.3, -0.25) is 4.57 Å². The Balaban J connectivity index is 2.05. The fourth-order valence-electron chi connectivity index (χ4n) is 2.50. The number of hydrogen-bond acceptors (Lipinski definition) is 7. The predicted octanol–water partition coefficient (Wildman–Crippen LogP) is 3.51. The Morgan fingerprint density at radius 2 is 1.87 bits per heavy atom. The molecule has 2 N–H and O–H groups in total. The van der Waals surface area contributed by atoms with Crippen LogP contribution >= 0.6 is 39.5 Å². The summed E-state index contributed by atoms with van der Waals surface area (Å²) in [6.45, 7) is 1.13. The van der Waals surface area contributed by atoms with Gasteiger partial charge >= 0.3 is 13.6 Å². The van der Waals surface area contributed by atoms with E-state index in [1.165, 1.54) is 17.9 Å². The van der Waals surface area contributed by atoms with Crippen molar-refractivity contribution >= 4 is 45.5 Å². The third-order valence-electron chi connectivity index (χ3n) is 4.07. The Labute approximate surface area is 196 Å². The van der Waals surface area contributed by atoms with E-state index in [0.29, 0.717) is 40.9 Å². The summed E-state index contributed by atoms with van der Waals surface area (Å²) in [6, 6.07) is 5.19. The summed E-state index contributed by atoms with van der Waals surface area (Å²) in [6.07, 6.45) is 1.39. The summed E-state index contributed by atoms with van der Waals surface area (Å²) in [5.74, 6) is 0.645. The minimum Gasteiger partial charge on any atom is -0.493 e. The normalized spacial score (nSPS) is 11.5. The lowest BCUT2D eigenvalue weighted by atomic mass is 10.2. The van der Waals surface area contributed by atoms with Gasteiger partial charge in [0, 0.05) is 23.7 Å². The van der Waals surface area contributed by atoms with Crippen LogP contribution in [-0.4, -0.2) is 45.3 Å². The van der Waals surface area contributed by atoms with Crippen LogP contribution in [0, 0.1) is 10.1 Å². The predicted molar refractivity (Wildman–Crippen MR) is 123 cm³/mol. The Bertz CT molecular complexity index is 916. The van der Waals surface area contributed by atoms with Crippen LogP contribution < -0.4 is 19.6 Å². The lowest BCUT2D eigenvalue weighted by Gasteiger charge is -2.20. The minimum absolute atomic E-state index is 0.0751. The highest BCUT2D eigenvalue weighted by molar-refractivity contribution is 9.09. The smallest absolute Gasteiger partial charge is 0.434 e. The molecule has 31 heavy (non-hydrogen) atoms. The number of imidazole rings is 1. The van der Waals surface area contributed by atoms with E-state index in [2.05, 4.69) is 47.0 Å². The quantitative estimate of drug-likeness (QED) is 0.148. The average Bonchev–Trinajstić information content (AvgIpc) is 3.14. The maximum Gasteiger partial charge on any atom is 0.434 e. The topological polar surface area (TPSA) is 130 Å². The fourth-order valence-corrected chi connectivity index (χ4v) is 4.95. The van der Waals surface area contributed by atoms with E-state index in [4.69, 9.17) is 14.0 Å². The van der Waals surface area contributed by atoms with Crippen LogP contribution in [0.4, 0.5) is 5.95 Å². The number of rotatable bonds is 14.